The van der Waals surface area contributed by atoms with E-state index in [1.807, 2.05) is 0 Å². The lowest BCUT2D eigenvalue weighted by molar-refractivity contribution is -0.129. The smallest absolute Gasteiger partial charge is 0.243 e. The molecule has 5 N–H and O–H groups in total. The van der Waals surface area contributed by atoms with Crippen LogP contribution in [0.15, 0.2) is 36.5 Å². The van der Waals surface area contributed by atoms with Crippen LogP contribution in [0, 0.1) is 0 Å². The first-order valence-electron chi connectivity index (χ1n) is 8.70. The molecule has 150 valence electrons. The van der Waals surface area contributed by atoms with Gasteiger partial charge in [0, 0.05) is 19.2 Å². The third-order valence-corrected chi connectivity index (χ3v) is 4.94. The van der Waals surface area contributed by atoms with Gasteiger partial charge in [0.15, 0.2) is 0 Å². The van der Waals surface area contributed by atoms with E-state index in [1.54, 1.807) is 50.5 Å². The van der Waals surface area contributed by atoms with E-state index in [-0.39, 0.29) is 24.8 Å². The number of anilines is 1. The average molecular weight is 424 g/mol. The number of nitrogens with zero attached hydrogens (tertiary/aromatic N) is 1. The van der Waals surface area contributed by atoms with Crippen LogP contribution in [0.4, 0.5) is 5.82 Å². The van der Waals surface area contributed by atoms with Gasteiger partial charge in [-0.3, -0.25) is 9.59 Å². The summed E-state index contributed by atoms with van der Waals surface area (Å²) in [6, 6.07) is 7.33. The number of hydrogen-bond donors (Lipinski definition) is 4. The van der Waals surface area contributed by atoms with Crippen molar-refractivity contribution in [2.45, 2.75) is 32.0 Å². The Morgan fingerprint density at radius 3 is 2.43 bits per heavy atom. The Balaban J connectivity index is 2.11. The minimum Gasteiger partial charge on any atom is -0.384 e. The number of carbonyl (C=O) groups excluding carboxylic acids is 2. The normalized spacial score (nSPS) is 12.9. The third kappa shape index (κ3) is 6.37. The first kappa shape index (κ1) is 21.9. The number of benzene rings is 1. The molecule has 7 nitrogen and oxygen atoms in total. The molecule has 0 radical (unpaired) electrons. The van der Waals surface area contributed by atoms with Crippen LogP contribution in [-0.4, -0.2) is 35.9 Å². The zero-order chi connectivity index (χ0) is 20.7. The summed E-state index contributed by atoms with van der Waals surface area (Å²) in [4.78, 5) is 29.0. The summed E-state index contributed by atoms with van der Waals surface area (Å²) in [5.41, 5.74) is 7.14. The fourth-order valence-electron chi connectivity index (χ4n) is 2.39. The molecule has 2 amide bonds. The lowest BCUT2D eigenvalue weighted by atomic mass is 10.0. The lowest BCUT2D eigenvalue weighted by Crippen LogP contribution is -2.52. The fourth-order valence-corrected chi connectivity index (χ4v) is 2.71. The van der Waals surface area contributed by atoms with Crippen LogP contribution in [0.1, 0.15) is 18.1 Å². The van der Waals surface area contributed by atoms with E-state index in [2.05, 4.69) is 20.9 Å². The lowest BCUT2D eigenvalue weighted by Gasteiger charge is -2.21. The molecule has 0 fully saturated rings. The van der Waals surface area contributed by atoms with Crippen molar-refractivity contribution in [1.29, 1.82) is 0 Å². The number of pyridine rings is 1. The highest BCUT2D eigenvalue weighted by atomic mass is 35.5. The first-order chi connectivity index (χ1) is 13.3. The molecule has 9 heteroatoms. The Morgan fingerprint density at radius 2 is 1.82 bits per heavy atom. The molecule has 1 aromatic heterocycles. The average Bonchev–Trinajstić information content (AvgIpc) is 2.68. The van der Waals surface area contributed by atoms with Crippen LogP contribution in [0.25, 0.3) is 0 Å². The number of halogens is 2. The highest BCUT2D eigenvalue weighted by Crippen LogP contribution is 2.23. The van der Waals surface area contributed by atoms with Crippen LogP contribution >= 0.6 is 23.2 Å². The summed E-state index contributed by atoms with van der Waals surface area (Å²) in [5, 5.41) is 9.25. The Labute approximate surface area is 174 Å². The molecule has 0 aliphatic rings. The van der Waals surface area contributed by atoms with Gasteiger partial charge in [0.1, 0.15) is 11.9 Å². The molecule has 0 unspecified atom stereocenters. The van der Waals surface area contributed by atoms with E-state index in [1.165, 1.54) is 0 Å². The van der Waals surface area contributed by atoms with Gasteiger partial charge in [-0.25, -0.2) is 4.98 Å². The number of nitrogen functional groups attached to an aromatic ring is 1. The quantitative estimate of drug-likeness (QED) is 0.518. The van der Waals surface area contributed by atoms with E-state index in [4.69, 9.17) is 28.9 Å². The minimum absolute atomic E-state index is 0.265. The molecule has 2 aromatic rings. The maximum Gasteiger partial charge on any atom is 0.243 e. The maximum atomic E-state index is 12.7. The van der Waals surface area contributed by atoms with E-state index in [0.29, 0.717) is 15.9 Å². The molecule has 28 heavy (non-hydrogen) atoms. The Bertz CT molecular complexity index is 830. The highest BCUT2D eigenvalue weighted by Gasteiger charge is 2.23. The molecule has 0 saturated heterocycles. The number of likely N-dealkylation sites (N-methyl/N-ethyl adjacent to an activating group) is 1. The molecule has 1 heterocycles. The zero-order valence-corrected chi connectivity index (χ0v) is 17.1. The Morgan fingerprint density at radius 1 is 1.11 bits per heavy atom. The monoisotopic (exact) mass is 423 g/mol. The van der Waals surface area contributed by atoms with Crippen molar-refractivity contribution in [2.75, 3.05) is 12.8 Å². The molecule has 0 bridgehead atoms. The second-order valence-corrected chi connectivity index (χ2v) is 7.15. The molecular formula is C19H23Cl2N5O2. The van der Waals surface area contributed by atoms with E-state index < -0.39 is 12.1 Å². The van der Waals surface area contributed by atoms with Crippen molar-refractivity contribution in [2.24, 2.45) is 0 Å². The number of amides is 2. The topological polar surface area (TPSA) is 109 Å². The largest absolute Gasteiger partial charge is 0.384 e. The van der Waals surface area contributed by atoms with Crippen molar-refractivity contribution >= 4 is 40.8 Å². The van der Waals surface area contributed by atoms with Gasteiger partial charge in [-0.2, -0.15) is 0 Å². The Kier molecular flexibility index (Phi) is 8.04. The summed E-state index contributed by atoms with van der Waals surface area (Å²) < 4.78 is 0. The molecule has 2 atom stereocenters. The number of carbonyl (C=O) groups is 2. The zero-order valence-electron chi connectivity index (χ0n) is 15.6. The standard InChI is InChI=1S/C19H23Cl2N5O2/c1-11(23-2)18(27)26-16(8-12-3-5-14(20)15(21)7-12)19(28)25-10-13-4-6-17(22)24-9-13/h3-7,9,11,16,23H,8,10H2,1-2H3,(H2,22,24)(H,25,28)(H,26,27)/t11-,16+/m1/s1. The van der Waals surface area contributed by atoms with Crippen LogP contribution in [0.2, 0.25) is 10.0 Å². The van der Waals surface area contributed by atoms with Crippen molar-refractivity contribution in [3.8, 4) is 0 Å². The van der Waals surface area contributed by atoms with E-state index in [9.17, 15) is 9.59 Å². The highest BCUT2D eigenvalue weighted by molar-refractivity contribution is 6.42. The van der Waals surface area contributed by atoms with Gasteiger partial charge in [-0.1, -0.05) is 35.3 Å². The van der Waals surface area contributed by atoms with Gasteiger partial charge in [-0.05, 0) is 43.3 Å². The van der Waals surface area contributed by atoms with Crippen molar-refractivity contribution in [3.05, 3.63) is 57.7 Å². The van der Waals surface area contributed by atoms with Crippen molar-refractivity contribution in [1.82, 2.24) is 20.9 Å². The Hall–Kier alpha value is -2.35. The summed E-state index contributed by atoms with van der Waals surface area (Å²) in [5.74, 6) is -0.197. The minimum atomic E-state index is -0.776. The predicted octanol–water partition coefficient (Wildman–Crippen LogP) is 1.92. The van der Waals surface area contributed by atoms with Crippen LogP contribution < -0.4 is 21.7 Å². The molecule has 0 spiro atoms. The SMILES string of the molecule is CN[C@H](C)C(=O)N[C@@H](Cc1ccc(Cl)c(Cl)c1)C(=O)NCc1ccc(N)nc1. The first-order valence-corrected chi connectivity index (χ1v) is 9.45. The van der Waals surface area contributed by atoms with Crippen LogP contribution in [0.5, 0.6) is 0 Å². The second-order valence-electron chi connectivity index (χ2n) is 6.33. The van der Waals surface area contributed by atoms with Crippen molar-refractivity contribution < 1.29 is 9.59 Å². The summed E-state index contributed by atoms with van der Waals surface area (Å²) in [6.07, 6.45) is 1.86. The number of nitrogens with two attached hydrogens (primary N) is 1. The molecule has 1 aromatic carbocycles. The van der Waals surface area contributed by atoms with Gasteiger partial charge < -0.3 is 21.7 Å². The summed E-state index contributed by atoms with van der Waals surface area (Å²) in [7, 11) is 1.67. The number of aromatic nitrogens is 1. The fraction of sp³-hybridized carbons (Fsp3) is 0.316. The molecular weight excluding hydrogens is 401 g/mol. The van der Waals surface area contributed by atoms with Gasteiger partial charge >= 0.3 is 0 Å². The number of rotatable bonds is 8. The van der Waals surface area contributed by atoms with Gasteiger partial charge in [0.2, 0.25) is 11.8 Å². The summed E-state index contributed by atoms with van der Waals surface area (Å²) in [6.45, 7) is 1.98. The van der Waals surface area contributed by atoms with Gasteiger partial charge in [0.25, 0.3) is 0 Å². The van der Waals surface area contributed by atoms with E-state index >= 15 is 0 Å². The van der Waals surface area contributed by atoms with Crippen LogP contribution in [0.3, 0.4) is 0 Å². The maximum absolute atomic E-state index is 12.7. The predicted molar refractivity (Wildman–Crippen MR) is 111 cm³/mol. The number of nitrogens with one attached hydrogen (secondary N) is 3. The van der Waals surface area contributed by atoms with Crippen molar-refractivity contribution in [3.63, 3.8) is 0 Å². The summed E-state index contributed by atoms with van der Waals surface area (Å²) >= 11 is 12.0. The van der Waals surface area contributed by atoms with Crippen LogP contribution in [-0.2, 0) is 22.6 Å². The van der Waals surface area contributed by atoms with Gasteiger partial charge in [0.05, 0.1) is 16.1 Å². The van der Waals surface area contributed by atoms with E-state index in [0.717, 1.165) is 11.1 Å². The molecule has 0 saturated carbocycles. The molecule has 2 rings (SSSR count). The molecule has 0 aliphatic heterocycles. The number of hydrogen-bond acceptors (Lipinski definition) is 5. The second kappa shape index (κ2) is 10.3. The van der Waals surface area contributed by atoms with Gasteiger partial charge in [-0.15, -0.1) is 0 Å². The molecule has 0 aliphatic carbocycles. The third-order valence-electron chi connectivity index (χ3n) is 4.20.